The van der Waals surface area contributed by atoms with Gasteiger partial charge in [0, 0.05) is 19.7 Å². The molecule has 2 fully saturated rings. The largest absolute Gasteiger partial charge is 0.479 e. The third-order valence-electron chi connectivity index (χ3n) is 4.19. The molecule has 2 rings (SSSR count). The molecule has 114 valence electrons. The Labute approximate surface area is 119 Å². The van der Waals surface area contributed by atoms with Crippen molar-refractivity contribution in [2.75, 3.05) is 20.3 Å². The molecule has 1 heterocycles. The van der Waals surface area contributed by atoms with Crippen molar-refractivity contribution in [3.05, 3.63) is 0 Å². The topological polar surface area (TPSA) is 76.1 Å². The lowest BCUT2D eigenvalue weighted by Crippen LogP contribution is -2.47. The first-order chi connectivity index (χ1) is 9.54. The third-order valence-corrected chi connectivity index (χ3v) is 4.19. The van der Waals surface area contributed by atoms with E-state index < -0.39 is 18.2 Å². The van der Waals surface area contributed by atoms with Crippen LogP contribution < -0.4 is 0 Å². The normalized spacial score (nSPS) is 27.3. The summed E-state index contributed by atoms with van der Waals surface area (Å²) in [5.74, 6) is -0.517. The van der Waals surface area contributed by atoms with Gasteiger partial charge < -0.3 is 19.5 Å². The highest BCUT2D eigenvalue weighted by Gasteiger charge is 2.40. The van der Waals surface area contributed by atoms with Crippen LogP contribution in [0.5, 0.6) is 0 Å². The van der Waals surface area contributed by atoms with Crippen LogP contribution in [0, 0.1) is 5.92 Å². The molecule has 20 heavy (non-hydrogen) atoms. The Bertz CT molecular complexity index is 369. The number of ether oxygens (including phenoxy) is 2. The number of hydrogen-bond donors (Lipinski definition) is 1. The number of carboxylic acid groups (broad SMARTS) is 1. The van der Waals surface area contributed by atoms with E-state index in [0.29, 0.717) is 31.9 Å². The standard InChI is InChI=1S/C14H23NO5/c1-9(10-3-4-10)15(7-8-19-2)13(16)11-5-6-12(20-11)14(17)18/h9-12H,3-8H2,1-2H3,(H,17,18). The minimum Gasteiger partial charge on any atom is -0.479 e. The van der Waals surface area contributed by atoms with Gasteiger partial charge in [0.15, 0.2) is 6.10 Å². The Morgan fingerprint density at radius 3 is 2.45 bits per heavy atom. The summed E-state index contributed by atoms with van der Waals surface area (Å²) >= 11 is 0. The van der Waals surface area contributed by atoms with Gasteiger partial charge in [0.25, 0.3) is 5.91 Å². The minimum atomic E-state index is -0.987. The van der Waals surface area contributed by atoms with Crippen LogP contribution in [-0.2, 0) is 19.1 Å². The molecular weight excluding hydrogens is 262 g/mol. The number of carbonyl (C=O) groups excluding carboxylic acids is 1. The molecule has 0 radical (unpaired) electrons. The van der Waals surface area contributed by atoms with Crippen LogP contribution in [0.25, 0.3) is 0 Å². The molecule has 3 unspecified atom stereocenters. The van der Waals surface area contributed by atoms with Crippen molar-refractivity contribution < 1.29 is 24.2 Å². The molecule has 0 aromatic carbocycles. The number of carbonyl (C=O) groups is 2. The Hall–Kier alpha value is -1.14. The van der Waals surface area contributed by atoms with Crippen LogP contribution >= 0.6 is 0 Å². The van der Waals surface area contributed by atoms with Crippen LogP contribution in [-0.4, -0.2) is 60.4 Å². The lowest BCUT2D eigenvalue weighted by atomic mass is 10.1. The molecule has 0 aromatic rings. The van der Waals surface area contributed by atoms with Gasteiger partial charge in [-0.3, -0.25) is 4.79 Å². The molecule has 1 aliphatic heterocycles. The summed E-state index contributed by atoms with van der Waals surface area (Å²) in [6.07, 6.45) is 1.74. The molecule has 0 spiro atoms. The fourth-order valence-electron chi connectivity index (χ4n) is 2.72. The van der Waals surface area contributed by atoms with E-state index in [9.17, 15) is 9.59 Å². The molecular formula is C14H23NO5. The molecule has 1 amide bonds. The van der Waals surface area contributed by atoms with Gasteiger partial charge in [-0.25, -0.2) is 4.79 Å². The van der Waals surface area contributed by atoms with Crippen molar-refractivity contribution in [3.8, 4) is 0 Å². The van der Waals surface area contributed by atoms with Gasteiger partial charge in [0.1, 0.15) is 6.10 Å². The van der Waals surface area contributed by atoms with Crippen molar-refractivity contribution >= 4 is 11.9 Å². The summed E-state index contributed by atoms with van der Waals surface area (Å²) in [6, 6.07) is 0.171. The van der Waals surface area contributed by atoms with E-state index in [2.05, 4.69) is 6.92 Å². The van der Waals surface area contributed by atoms with E-state index in [1.54, 1.807) is 12.0 Å². The highest BCUT2D eigenvalue weighted by atomic mass is 16.5. The van der Waals surface area contributed by atoms with Crippen LogP contribution in [0.1, 0.15) is 32.6 Å². The van der Waals surface area contributed by atoms with Crippen molar-refractivity contribution in [3.63, 3.8) is 0 Å². The molecule has 1 N–H and O–H groups in total. The van der Waals surface area contributed by atoms with E-state index >= 15 is 0 Å². The molecule has 0 bridgehead atoms. The van der Waals surface area contributed by atoms with Crippen molar-refractivity contribution in [2.24, 2.45) is 5.92 Å². The zero-order valence-electron chi connectivity index (χ0n) is 12.1. The van der Waals surface area contributed by atoms with Gasteiger partial charge in [0.2, 0.25) is 0 Å². The number of amides is 1. The Morgan fingerprint density at radius 1 is 1.30 bits per heavy atom. The van der Waals surface area contributed by atoms with Crippen molar-refractivity contribution in [1.82, 2.24) is 4.90 Å². The smallest absolute Gasteiger partial charge is 0.332 e. The summed E-state index contributed by atoms with van der Waals surface area (Å²) in [4.78, 5) is 25.2. The molecule has 2 aliphatic rings. The lowest BCUT2D eigenvalue weighted by Gasteiger charge is -2.31. The third kappa shape index (κ3) is 3.49. The highest BCUT2D eigenvalue weighted by molar-refractivity contribution is 5.83. The maximum atomic E-state index is 12.5. The Balaban J connectivity index is 1.96. The second-order valence-corrected chi connectivity index (χ2v) is 5.63. The minimum absolute atomic E-state index is 0.0924. The fourth-order valence-corrected chi connectivity index (χ4v) is 2.72. The summed E-state index contributed by atoms with van der Waals surface area (Å²) in [6.45, 7) is 3.07. The van der Waals surface area contributed by atoms with Gasteiger partial charge in [-0.05, 0) is 38.5 Å². The summed E-state index contributed by atoms with van der Waals surface area (Å²) in [7, 11) is 1.61. The second kappa shape index (κ2) is 6.54. The molecule has 0 aromatic heterocycles. The van der Waals surface area contributed by atoms with Gasteiger partial charge in [-0.2, -0.15) is 0 Å². The maximum absolute atomic E-state index is 12.5. The first-order valence-corrected chi connectivity index (χ1v) is 7.22. The first kappa shape index (κ1) is 15.3. The number of nitrogens with zero attached hydrogens (tertiary/aromatic N) is 1. The summed E-state index contributed by atoms with van der Waals surface area (Å²) < 4.78 is 10.4. The summed E-state index contributed by atoms with van der Waals surface area (Å²) in [5.41, 5.74) is 0. The van der Waals surface area contributed by atoms with E-state index in [4.69, 9.17) is 14.6 Å². The zero-order chi connectivity index (χ0) is 14.7. The van der Waals surface area contributed by atoms with E-state index in [1.807, 2.05) is 0 Å². The van der Waals surface area contributed by atoms with Gasteiger partial charge in [-0.15, -0.1) is 0 Å². The van der Waals surface area contributed by atoms with Gasteiger partial charge in [-0.1, -0.05) is 0 Å². The molecule has 6 nitrogen and oxygen atoms in total. The number of hydrogen-bond acceptors (Lipinski definition) is 4. The van der Waals surface area contributed by atoms with Crippen LogP contribution in [0.3, 0.4) is 0 Å². The second-order valence-electron chi connectivity index (χ2n) is 5.63. The highest BCUT2D eigenvalue weighted by Crippen LogP contribution is 2.36. The van der Waals surface area contributed by atoms with Crippen LogP contribution in [0.4, 0.5) is 0 Å². The predicted octanol–water partition coefficient (Wildman–Crippen LogP) is 0.892. The predicted molar refractivity (Wildman–Crippen MR) is 71.3 cm³/mol. The summed E-state index contributed by atoms with van der Waals surface area (Å²) in [5, 5.41) is 8.93. The average molecular weight is 285 g/mol. The van der Waals surface area contributed by atoms with E-state index in [1.165, 1.54) is 0 Å². The molecule has 1 saturated heterocycles. The molecule has 1 saturated carbocycles. The van der Waals surface area contributed by atoms with Crippen LogP contribution in [0.15, 0.2) is 0 Å². The lowest BCUT2D eigenvalue weighted by molar-refractivity contribution is -0.156. The Morgan fingerprint density at radius 2 is 1.95 bits per heavy atom. The fraction of sp³-hybridized carbons (Fsp3) is 0.857. The SMILES string of the molecule is COCCN(C(=O)C1CCC(C(=O)O)O1)C(C)C1CC1. The number of carboxylic acids is 1. The van der Waals surface area contributed by atoms with Crippen molar-refractivity contribution in [2.45, 2.75) is 50.9 Å². The maximum Gasteiger partial charge on any atom is 0.332 e. The molecule has 1 aliphatic carbocycles. The monoisotopic (exact) mass is 285 g/mol. The Kier molecular flexibility index (Phi) is 4.99. The van der Waals surface area contributed by atoms with E-state index in [-0.39, 0.29) is 11.9 Å². The van der Waals surface area contributed by atoms with Gasteiger partial charge in [0.05, 0.1) is 6.61 Å². The average Bonchev–Trinajstić information content (AvgIpc) is 3.15. The van der Waals surface area contributed by atoms with Gasteiger partial charge >= 0.3 is 5.97 Å². The quantitative estimate of drug-likeness (QED) is 0.752. The molecule has 6 heteroatoms. The van der Waals surface area contributed by atoms with Crippen molar-refractivity contribution in [1.29, 1.82) is 0 Å². The number of rotatable bonds is 7. The zero-order valence-corrected chi connectivity index (χ0v) is 12.1. The first-order valence-electron chi connectivity index (χ1n) is 7.22. The van der Waals surface area contributed by atoms with Crippen LogP contribution in [0.2, 0.25) is 0 Å². The molecule has 3 atom stereocenters. The van der Waals surface area contributed by atoms with E-state index in [0.717, 1.165) is 12.8 Å². The number of aliphatic carboxylic acids is 1. The number of methoxy groups -OCH3 is 1.